The molecule has 1 aromatic rings. The average Bonchev–Trinajstić information content (AvgIpc) is 2.46. The molecule has 100 valence electrons. The van der Waals surface area contributed by atoms with Crippen LogP contribution in [0, 0.1) is 0 Å². The number of rotatable bonds is 4. The minimum absolute atomic E-state index is 0.848. The maximum atomic E-state index is 4.23. The first-order chi connectivity index (χ1) is 9.19. The van der Waals surface area contributed by atoms with Gasteiger partial charge in [0.15, 0.2) is 0 Å². The van der Waals surface area contributed by atoms with Gasteiger partial charge in [0.05, 0.1) is 11.4 Å². The third kappa shape index (κ3) is 4.02. The van der Waals surface area contributed by atoms with E-state index in [1.807, 2.05) is 57.6 Å². The summed E-state index contributed by atoms with van der Waals surface area (Å²) < 4.78 is 8.73. The molecule has 1 N–H and O–H groups in total. The van der Waals surface area contributed by atoms with Gasteiger partial charge in [-0.3, -0.25) is 3.53 Å². The lowest BCUT2D eigenvalue weighted by atomic mass is 10.3. The van der Waals surface area contributed by atoms with Crippen LogP contribution in [-0.4, -0.2) is 28.8 Å². The van der Waals surface area contributed by atoms with Crippen LogP contribution in [0.25, 0.3) is 0 Å². The molecule has 0 fully saturated rings. The van der Waals surface area contributed by atoms with Crippen LogP contribution in [0.3, 0.4) is 0 Å². The van der Waals surface area contributed by atoms with Gasteiger partial charge < -0.3 is 4.90 Å². The molecule has 1 aromatic carbocycles. The van der Waals surface area contributed by atoms with E-state index in [0.29, 0.717) is 0 Å². The van der Waals surface area contributed by atoms with Gasteiger partial charge in [0, 0.05) is 25.9 Å². The van der Waals surface area contributed by atoms with Crippen molar-refractivity contribution in [2.24, 2.45) is 10.2 Å². The molecule has 0 saturated carbocycles. The normalized spacial score (nSPS) is 15.0. The molecule has 0 aromatic heterocycles. The van der Waals surface area contributed by atoms with E-state index >= 15 is 0 Å². The number of hydrogen-bond acceptors (Lipinski definition) is 4. The minimum atomic E-state index is -1.29. The van der Waals surface area contributed by atoms with E-state index in [9.17, 15) is 0 Å². The Balaban J connectivity index is 2.07. The molecule has 1 aliphatic rings. The van der Waals surface area contributed by atoms with E-state index < -0.39 is 19.1 Å². The Morgan fingerprint density at radius 1 is 1.16 bits per heavy atom. The van der Waals surface area contributed by atoms with Crippen molar-refractivity contribution in [3.05, 3.63) is 42.1 Å². The van der Waals surface area contributed by atoms with E-state index in [1.165, 1.54) is 0 Å². The molecule has 5 heteroatoms. The highest BCUT2D eigenvalue weighted by Crippen LogP contribution is 2.19. The van der Waals surface area contributed by atoms with Crippen molar-refractivity contribution in [3.8, 4) is 0 Å². The molecule has 19 heavy (non-hydrogen) atoms. The van der Waals surface area contributed by atoms with Gasteiger partial charge in [-0.1, -0.05) is 3.67 Å². The number of allylic oxidation sites excluding steroid dienone is 2. The number of nitrogens with one attached hydrogen (secondary N) is 1. The Bertz CT molecular complexity index is 626. The largest absolute Gasteiger partial charge is 0.378 e. The predicted octanol–water partition coefficient (Wildman–Crippen LogP) is 3.13. The van der Waals surface area contributed by atoms with Gasteiger partial charge in [0.2, 0.25) is 0 Å². The van der Waals surface area contributed by atoms with Crippen LogP contribution < -0.4 is 8.43 Å². The molecule has 0 bridgehead atoms. The molecular formula is C14H17IN4. The monoisotopic (exact) mass is 368 g/mol. The SMILES string of the molecule is CNI1=C=CC(N=Nc2ccc(N(C)C)cc2)=CC=1. The smallest absolute Gasteiger partial charge is 0.0943 e. The highest BCUT2D eigenvalue weighted by molar-refractivity contribution is 14.2. The van der Waals surface area contributed by atoms with Crippen molar-refractivity contribution in [1.29, 1.82) is 0 Å². The number of halogens is 1. The van der Waals surface area contributed by atoms with Crippen LogP contribution in [0.2, 0.25) is 0 Å². The molecular weight excluding hydrogens is 351 g/mol. The predicted molar refractivity (Wildman–Crippen MR) is 92.1 cm³/mol. The summed E-state index contributed by atoms with van der Waals surface area (Å²) >= 11 is -1.29. The first-order valence-corrected chi connectivity index (χ1v) is 9.29. The molecule has 4 nitrogen and oxygen atoms in total. The fraction of sp³-hybridized carbons (Fsp3) is 0.214. The van der Waals surface area contributed by atoms with Gasteiger partial charge in [0.1, 0.15) is 0 Å². The molecule has 0 atom stereocenters. The molecule has 0 saturated heterocycles. The van der Waals surface area contributed by atoms with E-state index in [1.54, 1.807) is 0 Å². The van der Waals surface area contributed by atoms with Crippen LogP contribution in [-0.2, 0) is 0 Å². The summed E-state index contributed by atoms with van der Waals surface area (Å²) in [4.78, 5) is 2.06. The van der Waals surface area contributed by atoms with E-state index in [-0.39, 0.29) is 0 Å². The van der Waals surface area contributed by atoms with Crippen molar-refractivity contribution in [1.82, 2.24) is 3.53 Å². The Hall–Kier alpha value is -1.43. The average molecular weight is 368 g/mol. The Morgan fingerprint density at radius 3 is 2.42 bits per heavy atom. The third-order valence-corrected chi connectivity index (χ3v) is 5.75. The number of benzene rings is 1. The fourth-order valence-electron chi connectivity index (χ4n) is 1.44. The molecule has 0 aliphatic carbocycles. The number of anilines is 1. The molecule has 0 spiro atoms. The molecule has 2 rings (SSSR count). The zero-order chi connectivity index (χ0) is 13.7. The van der Waals surface area contributed by atoms with Crippen molar-refractivity contribution in [2.75, 3.05) is 26.0 Å². The first-order valence-electron chi connectivity index (χ1n) is 5.88. The Morgan fingerprint density at radius 2 is 1.89 bits per heavy atom. The van der Waals surface area contributed by atoms with Gasteiger partial charge in [-0.25, -0.2) is 0 Å². The van der Waals surface area contributed by atoms with Crippen molar-refractivity contribution >= 4 is 38.2 Å². The molecule has 0 radical (unpaired) electrons. The summed E-state index contributed by atoms with van der Waals surface area (Å²) in [6.07, 6.45) is 3.93. The van der Waals surface area contributed by atoms with E-state index in [2.05, 4.69) is 26.3 Å². The number of nitrogens with zero attached hydrogens (tertiary/aromatic N) is 3. The number of hydrogen-bond donors (Lipinski definition) is 1. The van der Waals surface area contributed by atoms with Gasteiger partial charge in [-0.2, -0.15) is 5.11 Å². The lowest BCUT2D eigenvalue weighted by molar-refractivity contribution is 1.13. The second-order valence-corrected chi connectivity index (χ2v) is 8.29. The Kier molecular flexibility index (Phi) is 4.90. The molecule has 0 amide bonds. The van der Waals surface area contributed by atoms with Gasteiger partial charge in [-0.15, -0.1) is 5.11 Å². The quantitative estimate of drug-likeness (QED) is 0.504. The summed E-state index contributed by atoms with van der Waals surface area (Å²) in [6.45, 7) is 0. The third-order valence-electron chi connectivity index (χ3n) is 2.53. The summed E-state index contributed by atoms with van der Waals surface area (Å²) in [6, 6.07) is 7.99. The van der Waals surface area contributed by atoms with Crippen LogP contribution >= 0.6 is 19.1 Å². The van der Waals surface area contributed by atoms with Crippen LogP contribution in [0.5, 0.6) is 0 Å². The second-order valence-electron chi connectivity index (χ2n) is 4.08. The van der Waals surface area contributed by atoms with Crippen molar-refractivity contribution in [2.45, 2.75) is 0 Å². The lowest BCUT2D eigenvalue weighted by Crippen LogP contribution is -2.07. The van der Waals surface area contributed by atoms with Crippen LogP contribution in [0.15, 0.2) is 52.3 Å². The van der Waals surface area contributed by atoms with Crippen LogP contribution in [0.1, 0.15) is 0 Å². The molecule has 0 unspecified atom stereocenters. The maximum Gasteiger partial charge on any atom is 0.0943 e. The van der Waals surface area contributed by atoms with Gasteiger partial charge in [0.25, 0.3) is 0 Å². The topological polar surface area (TPSA) is 40.0 Å². The van der Waals surface area contributed by atoms with Crippen LogP contribution in [0.4, 0.5) is 11.4 Å². The highest BCUT2D eigenvalue weighted by atomic mass is 127. The summed E-state index contributed by atoms with van der Waals surface area (Å²) in [5, 5.41) is 8.44. The maximum absolute atomic E-state index is 4.23. The van der Waals surface area contributed by atoms with E-state index in [4.69, 9.17) is 0 Å². The van der Waals surface area contributed by atoms with Crippen molar-refractivity contribution < 1.29 is 0 Å². The molecule has 1 heterocycles. The fourth-order valence-corrected chi connectivity index (χ4v) is 3.70. The minimum Gasteiger partial charge on any atom is -0.378 e. The zero-order valence-electron chi connectivity index (χ0n) is 11.3. The molecule has 1 aliphatic heterocycles. The summed E-state index contributed by atoms with van der Waals surface area (Å²) in [7, 11) is 6.00. The standard InChI is InChI=1S/C14H17IN4/c1-16-15-10-8-13(9-11-15)18-17-12-4-6-14(7-5-12)19(2)3/h4-10,16H,1-3H3. The number of azo groups is 1. The van der Waals surface area contributed by atoms with E-state index in [0.717, 1.165) is 17.1 Å². The highest BCUT2D eigenvalue weighted by Gasteiger charge is 1.95. The van der Waals surface area contributed by atoms with Gasteiger partial charge >= 0.3 is 0 Å². The van der Waals surface area contributed by atoms with Crippen molar-refractivity contribution in [3.63, 3.8) is 0 Å². The lowest BCUT2D eigenvalue weighted by Gasteiger charge is -2.11. The van der Waals surface area contributed by atoms with Gasteiger partial charge in [-0.05, 0) is 60.5 Å². The zero-order valence-corrected chi connectivity index (χ0v) is 13.4. The first kappa shape index (κ1) is 14.0. The Labute approximate surface area is 120 Å². The summed E-state index contributed by atoms with van der Waals surface area (Å²) in [5.41, 5.74) is 2.86. The second kappa shape index (κ2) is 6.65. The summed E-state index contributed by atoms with van der Waals surface area (Å²) in [5.74, 6) is 0.